The molecule has 0 spiro atoms. The second-order valence-electron chi connectivity index (χ2n) is 5.55. The van der Waals surface area contributed by atoms with Crippen molar-refractivity contribution in [2.45, 2.75) is 13.5 Å². The second kappa shape index (κ2) is 7.09. The lowest BCUT2D eigenvalue weighted by Crippen LogP contribution is -2.12. The third kappa shape index (κ3) is 3.72. The molecule has 0 saturated heterocycles. The van der Waals surface area contributed by atoms with Crippen LogP contribution < -0.4 is 10.1 Å². The maximum atomic E-state index is 12.3. The largest absolute Gasteiger partial charge is 0.497 e. The van der Waals surface area contributed by atoms with Gasteiger partial charge in [0.15, 0.2) is 5.76 Å². The molecule has 2 aromatic heterocycles. The molecule has 1 N–H and O–H groups in total. The number of aryl methyl sites for hydroxylation is 1. The number of methoxy groups -OCH3 is 1. The summed E-state index contributed by atoms with van der Waals surface area (Å²) in [7, 11) is 1.58. The first-order chi connectivity index (χ1) is 12.5. The Balaban J connectivity index is 1.68. The highest BCUT2D eigenvalue weighted by Gasteiger charge is 2.14. The van der Waals surface area contributed by atoms with Crippen LogP contribution in [0, 0.1) is 17.0 Å². The quantitative estimate of drug-likeness (QED) is 0.537. The number of hydrogen-bond acceptors (Lipinski definition) is 6. The van der Waals surface area contributed by atoms with Crippen molar-refractivity contribution in [1.29, 1.82) is 0 Å². The number of carbonyl (C=O) groups excluding carboxylic acids is 1. The SMILES string of the molecule is COc1ccc(NC(=O)c2ccc(Cn3cc([N+](=O)[O-])cn3)o2)c(C)c1. The highest BCUT2D eigenvalue weighted by atomic mass is 16.6. The normalized spacial score (nSPS) is 10.5. The van der Waals surface area contributed by atoms with Crippen molar-refractivity contribution in [3.05, 3.63) is 69.9 Å². The van der Waals surface area contributed by atoms with E-state index in [9.17, 15) is 14.9 Å². The van der Waals surface area contributed by atoms with Crippen molar-refractivity contribution in [3.8, 4) is 5.75 Å². The lowest BCUT2D eigenvalue weighted by Gasteiger charge is -2.08. The molecular formula is C17H16N4O5. The highest BCUT2D eigenvalue weighted by molar-refractivity contribution is 6.02. The fraction of sp³-hybridized carbons (Fsp3) is 0.176. The van der Waals surface area contributed by atoms with E-state index in [1.807, 2.05) is 13.0 Å². The molecule has 26 heavy (non-hydrogen) atoms. The maximum Gasteiger partial charge on any atom is 0.307 e. The zero-order chi connectivity index (χ0) is 18.7. The first-order valence-corrected chi connectivity index (χ1v) is 7.68. The van der Waals surface area contributed by atoms with Gasteiger partial charge in [-0.05, 0) is 42.8 Å². The molecule has 1 aromatic carbocycles. The fourth-order valence-corrected chi connectivity index (χ4v) is 2.37. The van der Waals surface area contributed by atoms with E-state index in [0.29, 0.717) is 17.2 Å². The van der Waals surface area contributed by atoms with Crippen LogP contribution in [-0.4, -0.2) is 27.7 Å². The molecule has 0 aliphatic heterocycles. The van der Waals surface area contributed by atoms with Crippen molar-refractivity contribution in [1.82, 2.24) is 9.78 Å². The van der Waals surface area contributed by atoms with E-state index in [-0.39, 0.29) is 18.0 Å². The van der Waals surface area contributed by atoms with Gasteiger partial charge in [0.25, 0.3) is 5.91 Å². The van der Waals surface area contributed by atoms with Crippen molar-refractivity contribution in [3.63, 3.8) is 0 Å². The molecule has 3 rings (SSSR count). The van der Waals surface area contributed by atoms with E-state index in [1.165, 1.54) is 10.9 Å². The van der Waals surface area contributed by atoms with E-state index in [0.717, 1.165) is 11.8 Å². The molecular weight excluding hydrogens is 340 g/mol. The number of furan rings is 1. The van der Waals surface area contributed by atoms with E-state index in [4.69, 9.17) is 9.15 Å². The molecule has 0 unspecified atom stereocenters. The van der Waals surface area contributed by atoms with Crippen molar-refractivity contribution >= 4 is 17.3 Å². The Morgan fingerprint density at radius 3 is 2.85 bits per heavy atom. The number of nitro groups is 1. The van der Waals surface area contributed by atoms with Crippen LogP contribution in [-0.2, 0) is 6.54 Å². The van der Waals surface area contributed by atoms with Crippen molar-refractivity contribution in [2.24, 2.45) is 0 Å². The molecule has 3 aromatic rings. The van der Waals surface area contributed by atoms with E-state index in [1.54, 1.807) is 31.4 Å². The summed E-state index contributed by atoms with van der Waals surface area (Å²) in [6.45, 7) is 2.04. The predicted molar refractivity (Wildman–Crippen MR) is 92.4 cm³/mol. The summed E-state index contributed by atoms with van der Waals surface area (Å²) in [6, 6.07) is 8.48. The number of anilines is 1. The van der Waals surface area contributed by atoms with Crippen LogP contribution in [0.25, 0.3) is 0 Å². The summed E-state index contributed by atoms with van der Waals surface area (Å²) < 4.78 is 12.0. The van der Waals surface area contributed by atoms with Crippen LogP contribution in [0.5, 0.6) is 5.75 Å². The molecule has 0 aliphatic rings. The van der Waals surface area contributed by atoms with Crippen LogP contribution in [0.2, 0.25) is 0 Å². The van der Waals surface area contributed by atoms with Gasteiger partial charge in [-0.2, -0.15) is 5.10 Å². The summed E-state index contributed by atoms with van der Waals surface area (Å²) in [6.07, 6.45) is 2.45. The number of ether oxygens (including phenoxy) is 1. The van der Waals surface area contributed by atoms with Gasteiger partial charge in [0, 0.05) is 5.69 Å². The van der Waals surface area contributed by atoms with Crippen LogP contribution in [0.15, 0.2) is 47.1 Å². The molecule has 0 saturated carbocycles. The lowest BCUT2D eigenvalue weighted by atomic mass is 10.2. The van der Waals surface area contributed by atoms with Gasteiger partial charge in [-0.1, -0.05) is 0 Å². The number of rotatable bonds is 6. The van der Waals surface area contributed by atoms with Gasteiger partial charge >= 0.3 is 5.69 Å². The third-order valence-electron chi connectivity index (χ3n) is 3.72. The monoisotopic (exact) mass is 356 g/mol. The molecule has 9 heteroatoms. The van der Waals surface area contributed by atoms with E-state index < -0.39 is 10.8 Å². The molecule has 0 aliphatic carbocycles. The Hall–Kier alpha value is -3.62. The Morgan fingerprint density at radius 1 is 1.38 bits per heavy atom. The molecule has 1 amide bonds. The maximum absolute atomic E-state index is 12.3. The van der Waals surface area contributed by atoms with E-state index >= 15 is 0 Å². The van der Waals surface area contributed by atoms with Gasteiger partial charge < -0.3 is 14.5 Å². The van der Waals surface area contributed by atoms with Crippen LogP contribution >= 0.6 is 0 Å². The zero-order valence-corrected chi connectivity index (χ0v) is 14.1. The summed E-state index contributed by atoms with van der Waals surface area (Å²) in [4.78, 5) is 22.5. The fourth-order valence-electron chi connectivity index (χ4n) is 2.37. The molecule has 0 radical (unpaired) electrons. The number of carbonyl (C=O) groups is 1. The van der Waals surface area contributed by atoms with E-state index in [2.05, 4.69) is 10.4 Å². The number of amides is 1. The Labute approximate surface area is 148 Å². The Bertz CT molecular complexity index is 960. The molecule has 0 bridgehead atoms. The Kier molecular flexibility index (Phi) is 4.70. The molecule has 134 valence electrons. The van der Waals surface area contributed by atoms with Crippen molar-refractivity contribution < 1.29 is 18.9 Å². The third-order valence-corrected chi connectivity index (χ3v) is 3.72. The second-order valence-corrected chi connectivity index (χ2v) is 5.55. The number of aromatic nitrogens is 2. The van der Waals surface area contributed by atoms with Gasteiger partial charge in [0.2, 0.25) is 0 Å². The smallest absolute Gasteiger partial charge is 0.307 e. The minimum Gasteiger partial charge on any atom is -0.497 e. The number of nitrogens with zero attached hydrogens (tertiary/aromatic N) is 3. The summed E-state index contributed by atoms with van der Waals surface area (Å²) >= 11 is 0. The number of hydrogen-bond donors (Lipinski definition) is 1. The van der Waals surface area contributed by atoms with Gasteiger partial charge in [-0.3, -0.25) is 19.6 Å². The average Bonchev–Trinajstić information content (AvgIpc) is 3.26. The first-order valence-electron chi connectivity index (χ1n) is 7.68. The minimum absolute atomic E-state index is 0.107. The summed E-state index contributed by atoms with van der Waals surface area (Å²) in [5.74, 6) is 0.904. The number of nitrogens with one attached hydrogen (secondary N) is 1. The minimum atomic E-state index is -0.526. The average molecular weight is 356 g/mol. The van der Waals surface area contributed by atoms with Gasteiger partial charge in [0.05, 0.1) is 18.6 Å². The summed E-state index contributed by atoms with van der Waals surface area (Å²) in [5.41, 5.74) is 1.40. The van der Waals surface area contributed by atoms with Crippen LogP contribution in [0.4, 0.5) is 11.4 Å². The molecule has 2 heterocycles. The zero-order valence-electron chi connectivity index (χ0n) is 14.1. The summed E-state index contributed by atoms with van der Waals surface area (Å²) in [5, 5.41) is 17.3. The first kappa shape index (κ1) is 17.2. The number of benzene rings is 1. The van der Waals surface area contributed by atoms with Gasteiger partial charge in [-0.25, -0.2) is 0 Å². The molecule has 0 atom stereocenters. The highest BCUT2D eigenvalue weighted by Crippen LogP contribution is 2.22. The molecule has 9 nitrogen and oxygen atoms in total. The van der Waals surface area contributed by atoms with Gasteiger partial charge in [-0.15, -0.1) is 0 Å². The van der Waals surface area contributed by atoms with Crippen LogP contribution in [0.3, 0.4) is 0 Å². The topological polar surface area (TPSA) is 112 Å². The van der Waals surface area contributed by atoms with Gasteiger partial charge in [0.1, 0.15) is 23.9 Å². The van der Waals surface area contributed by atoms with Crippen LogP contribution in [0.1, 0.15) is 21.9 Å². The Morgan fingerprint density at radius 2 is 2.19 bits per heavy atom. The van der Waals surface area contributed by atoms with Crippen molar-refractivity contribution in [2.75, 3.05) is 12.4 Å². The lowest BCUT2D eigenvalue weighted by molar-refractivity contribution is -0.385. The predicted octanol–water partition coefficient (Wildman–Crippen LogP) is 3.00. The molecule has 0 fully saturated rings. The standard InChI is InChI=1S/C17H16N4O5/c1-11-7-13(25-2)3-5-15(11)19-17(22)16-6-4-14(26-16)10-20-9-12(8-18-20)21(23)24/h3-9H,10H2,1-2H3,(H,19,22).